The highest BCUT2D eigenvalue weighted by atomic mass is 32.2. The SMILES string of the molecule is O=S1(=O)CCC(N[C@H]2CCC[C@@H]2O)C1. The molecule has 0 aromatic heterocycles. The van der Waals surface area contributed by atoms with Gasteiger partial charge in [-0.05, 0) is 25.7 Å². The smallest absolute Gasteiger partial charge is 0.151 e. The van der Waals surface area contributed by atoms with Crippen molar-refractivity contribution >= 4 is 9.84 Å². The molecule has 2 fully saturated rings. The van der Waals surface area contributed by atoms with E-state index >= 15 is 0 Å². The molecule has 0 bridgehead atoms. The fourth-order valence-corrected chi connectivity index (χ4v) is 4.05. The first-order valence-electron chi connectivity index (χ1n) is 5.21. The van der Waals surface area contributed by atoms with E-state index in [0.29, 0.717) is 12.2 Å². The standard InChI is InChI=1S/C9H17NO3S/c11-9-3-1-2-8(9)10-7-4-5-14(12,13)6-7/h7-11H,1-6H2/t7?,8-,9-/m0/s1. The highest BCUT2D eigenvalue weighted by Gasteiger charge is 2.32. The summed E-state index contributed by atoms with van der Waals surface area (Å²) in [5.74, 6) is 0.545. The molecule has 2 rings (SSSR count). The normalized spacial score (nSPS) is 41.6. The van der Waals surface area contributed by atoms with Crippen molar-refractivity contribution in [2.24, 2.45) is 0 Å². The van der Waals surface area contributed by atoms with Gasteiger partial charge in [0.15, 0.2) is 9.84 Å². The van der Waals surface area contributed by atoms with Crippen molar-refractivity contribution in [1.82, 2.24) is 5.32 Å². The molecule has 5 heteroatoms. The number of sulfone groups is 1. The maximum Gasteiger partial charge on any atom is 0.151 e. The van der Waals surface area contributed by atoms with Crippen LogP contribution in [0.4, 0.5) is 0 Å². The van der Waals surface area contributed by atoms with E-state index in [9.17, 15) is 13.5 Å². The third kappa shape index (κ3) is 2.27. The lowest BCUT2D eigenvalue weighted by molar-refractivity contribution is 0.144. The number of hydrogen-bond donors (Lipinski definition) is 2. The van der Waals surface area contributed by atoms with Gasteiger partial charge in [-0.2, -0.15) is 0 Å². The van der Waals surface area contributed by atoms with E-state index in [1.54, 1.807) is 0 Å². The first-order valence-corrected chi connectivity index (χ1v) is 7.03. The lowest BCUT2D eigenvalue weighted by Crippen LogP contribution is -2.43. The van der Waals surface area contributed by atoms with E-state index in [1.165, 1.54) is 0 Å². The van der Waals surface area contributed by atoms with Crippen molar-refractivity contribution in [3.05, 3.63) is 0 Å². The third-order valence-electron chi connectivity index (χ3n) is 3.16. The molecule has 1 aliphatic carbocycles. The average Bonchev–Trinajstić information content (AvgIpc) is 2.61. The Morgan fingerprint density at radius 2 is 2.00 bits per heavy atom. The van der Waals surface area contributed by atoms with E-state index in [1.807, 2.05) is 0 Å². The molecular formula is C9H17NO3S. The van der Waals surface area contributed by atoms with Gasteiger partial charge in [-0.3, -0.25) is 0 Å². The van der Waals surface area contributed by atoms with Crippen LogP contribution in [-0.4, -0.2) is 43.2 Å². The second-order valence-corrected chi connectivity index (χ2v) is 6.60. The van der Waals surface area contributed by atoms with Crippen LogP contribution in [0.2, 0.25) is 0 Å². The van der Waals surface area contributed by atoms with Crippen LogP contribution < -0.4 is 5.32 Å². The number of hydrogen-bond acceptors (Lipinski definition) is 4. The van der Waals surface area contributed by atoms with E-state index in [-0.39, 0.29) is 23.9 Å². The molecule has 1 heterocycles. The summed E-state index contributed by atoms with van der Waals surface area (Å²) in [5.41, 5.74) is 0. The molecule has 0 spiro atoms. The molecule has 0 radical (unpaired) electrons. The molecule has 2 aliphatic rings. The topological polar surface area (TPSA) is 66.4 Å². The molecule has 0 aromatic rings. The molecule has 3 atom stereocenters. The summed E-state index contributed by atoms with van der Waals surface area (Å²) in [5, 5.41) is 12.8. The van der Waals surface area contributed by atoms with Crippen LogP contribution in [0.15, 0.2) is 0 Å². The highest BCUT2D eigenvalue weighted by molar-refractivity contribution is 7.91. The van der Waals surface area contributed by atoms with Crippen LogP contribution in [0.25, 0.3) is 0 Å². The molecule has 1 saturated heterocycles. The molecule has 0 aromatic carbocycles. The quantitative estimate of drug-likeness (QED) is 0.668. The average molecular weight is 219 g/mol. The minimum absolute atomic E-state index is 0.0674. The molecule has 0 amide bonds. The van der Waals surface area contributed by atoms with Crippen LogP contribution in [0.1, 0.15) is 25.7 Å². The largest absolute Gasteiger partial charge is 0.392 e. The predicted octanol–water partition coefficient (Wildman–Crippen LogP) is -0.324. The summed E-state index contributed by atoms with van der Waals surface area (Å²) < 4.78 is 22.4. The predicted molar refractivity (Wildman–Crippen MR) is 53.8 cm³/mol. The number of nitrogens with one attached hydrogen (secondary N) is 1. The van der Waals surface area contributed by atoms with Crippen LogP contribution in [0.5, 0.6) is 0 Å². The van der Waals surface area contributed by atoms with E-state index in [0.717, 1.165) is 19.3 Å². The van der Waals surface area contributed by atoms with E-state index in [2.05, 4.69) is 5.32 Å². The van der Waals surface area contributed by atoms with Gasteiger partial charge in [0.25, 0.3) is 0 Å². The van der Waals surface area contributed by atoms with Crippen molar-refractivity contribution in [1.29, 1.82) is 0 Å². The Bertz CT molecular complexity index is 301. The van der Waals surface area contributed by atoms with Crippen LogP contribution in [0.3, 0.4) is 0 Å². The molecular weight excluding hydrogens is 202 g/mol. The zero-order valence-corrected chi connectivity index (χ0v) is 8.96. The first kappa shape index (κ1) is 10.4. The summed E-state index contributed by atoms with van der Waals surface area (Å²) >= 11 is 0. The van der Waals surface area contributed by atoms with Gasteiger partial charge < -0.3 is 10.4 Å². The number of rotatable bonds is 2. The third-order valence-corrected chi connectivity index (χ3v) is 4.93. The highest BCUT2D eigenvalue weighted by Crippen LogP contribution is 2.21. The zero-order chi connectivity index (χ0) is 10.2. The molecule has 1 aliphatic heterocycles. The van der Waals surface area contributed by atoms with Crippen LogP contribution in [0, 0.1) is 0 Å². The van der Waals surface area contributed by atoms with Crippen LogP contribution >= 0.6 is 0 Å². The molecule has 82 valence electrons. The Kier molecular flexibility index (Phi) is 2.81. The summed E-state index contributed by atoms with van der Waals surface area (Å²) in [4.78, 5) is 0. The summed E-state index contributed by atoms with van der Waals surface area (Å²) in [6, 6.07) is 0.186. The Hall–Kier alpha value is -0.130. The second-order valence-electron chi connectivity index (χ2n) is 4.37. The molecule has 1 unspecified atom stereocenters. The van der Waals surface area contributed by atoms with Gasteiger partial charge in [-0.25, -0.2) is 8.42 Å². The monoisotopic (exact) mass is 219 g/mol. The Balaban J connectivity index is 1.87. The Morgan fingerprint density at radius 3 is 2.50 bits per heavy atom. The summed E-state index contributed by atoms with van der Waals surface area (Å²) in [7, 11) is -2.80. The summed E-state index contributed by atoms with van der Waals surface area (Å²) in [6.45, 7) is 0. The lowest BCUT2D eigenvalue weighted by atomic mass is 10.1. The maximum atomic E-state index is 11.2. The van der Waals surface area contributed by atoms with E-state index in [4.69, 9.17) is 0 Å². The molecule has 4 nitrogen and oxygen atoms in total. The van der Waals surface area contributed by atoms with Crippen molar-refractivity contribution in [3.63, 3.8) is 0 Å². The van der Waals surface area contributed by atoms with Gasteiger partial charge in [-0.15, -0.1) is 0 Å². The number of aliphatic hydroxyl groups is 1. The van der Waals surface area contributed by atoms with Gasteiger partial charge in [-0.1, -0.05) is 0 Å². The second kappa shape index (κ2) is 3.79. The van der Waals surface area contributed by atoms with E-state index < -0.39 is 9.84 Å². The minimum Gasteiger partial charge on any atom is -0.392 e. The molecule has 1 saturated carbocycles. The molecule has 2 N–H and O–H groups in total. The van der Waals surface area contributed by atoms with Gasteiger partial charge in [0, 0.05) is 12.1 Å². The van der Waals surface area contributed by atoms with Crippen molar-refractivity contribution in [2.75, 3.05) is 11.5 Å². The van der Waals surface area contributed by atoms with Crippen molar-refractivity contribution in [3.8, 4) is 0 Å². The maximum absolute atomic E-state index is 11.2. The zero-order valence-electron chi connectivity index (χ0n) is 8.15. The Morgan fingerprint density at radius 1 is 1.21 bits per heavy atom. The van der Waals surface area contributed by atoms with Crippen molar-refractivity contribution < 1.29 is 13.5 Å². The van der Waals surface area contributed by atoms with Gasteiger partial charge in [0.05, 0.1) is 17.6 Å². The fourth-order valence-electron chi connectivity index (χ4n) is 2.36. The van der Waals surface area contributed by atoms with Crippen molar-refractivity contribution in [2.45, 2.75) is 43.9 Å². The van der Waals surface area contributed by atoms with Gasteiger partial charge >= 0.3 is 0 Å². The number of aliphatic hydroxyl groups excluding tert-OH is 1. The Labute approximate surface area is 84.6 Å². The fraction of sp³-hybridized carbons (Fsp3) is 1.00. The lowest BCUT2D eigenvalue weighted by Gasteiger charge is -2.20. The van der Waals surface area contributed by atoms with Gasteiger partial charge in [0.1, 0.15) is 0 Å². The molecule has 14 heavy (non-hydrogen) atoms. The minimum atomic E-state index is -2.80. The summed E-state index contributed by atoms with van der Waals surface area (Å²) in [6.07, 6.45) is 3.27. The first-order chi connectivity index (χ1) is 6.57. The van der Waals surface area contributed by atoms with Gasteiger partial charge in [0.2, 0.25) is 0 Å². The van der Waals surface area contributed by atoms with Crippen LogP contribution in [-0.2, 0) is 9.84 Å².